The molecular weight excluding hydrogens is 388 g/mol. The number of halogens is 2. The first-order valence-electron chi connectivity index (χ1n) is 8.73. The van der Waals surface area contributed by atoms with Crippen LogP contribution in [-0.4, -0.2) is 27.4 Å². The summed E-state index contributed by atoms with van der Waals surface area (Å²) >= 11 is 0. The largest absolute Gasteiger partial charge is 0.360 e. The van der Waals surface area contributed by atoms with Gasteiger partial charge in [0.05, 0.1) is 17.1 Å². The molecule has 6 nitrogen and oxygen atoms in total. The summed E-state index contributed by atoms with van der Waals surface area (Å²) in [7, 11) is -3.92. The van der Waals surface area contributed by atoms with Gasteiger partial charge in [0.2, 0.25) is 15.9 Å². The number of amides is 1. The summed E-state index contributed by atoms with van der Waals surface area (Å²) in [5.74, 6) is -1.79. The van der Waals surface area contributed by atoms with E-state index in [2.05, 4.69) is 5.32 Å². The number of benzene rings is 2. The van der Waals surface area contributed by atoms with Crippen LogP contribution in [0.25, 0.3) is 0 Å². The van der Waals surface area contributed by atoms with Gasteiger partial charge in [-0.15, -0.1) is 0 Å². The van der Waals surface area contributed by atoms with Gasteiger partial charge in [-0.2, -0.15) is 0 Å². The van der Waals surface area contributed by atoms with E-state index in [1.165, 1.54) is 18.2 Å². The molecule has 1 aliphatic rings. The van der Waals surface area contributed by atoms with E-state index < -0.39 is 27.6 Å². The number of hydrogen-bond donors (Lipinski definition) is 2. The number of carbonyl (C=O) groups is 1. The second kappa shape index (κ2) is 7.48. The molecular formula is C19H21F2N3O3S. The lowest BCUT2D eigenvalue weighted by Crippen LogP contribution is -2.37. The molecule has 0 saturated carbocycles. The van der Waals surface area contributed by atoms with Gasteiger partial charge in [-0.25, -0.2) is 22.3 Å². The van der Waals surface area contributed by atoms with Crippen LogP contribution in [0.4, 0.5) is 20.2 Å². The maximum atomic E-state index is 14.3. The van der Waals surface area contributed by atoms with Gasteiger partial charge in [-0.05, 0) is 61.6 Å². The van der Waals surface area contributed by atoms with Crippen molar-refractivity contribution in [1.29, 1.82) is 0 Å². The highest BCUT2D eigenvalue weighted by molar-refractivity contribution is 7.89. The third-order valence-corrected chi connectivity index (χ3v) is 5.77. The number of sulfonamides is 1. The van der Waals surface area contributed by atoms with Gasteiger partial charge in [0.25, 0.3) is 0 Å². The molecule has 9 heteroatoms. The zero-order valence-corrected chi connectivity index (χ0v) is 16.4. The number of hydrogen-bond acceptors (Lipinski definition) is 4. The first kappa shape index (κ1) is 20.2. The molecule has 0 atom stereocenters. The number of nitrogens with zero attached hydrogens (tertiary/aromatic N) is 1. The average molecular weight is 409 g/mol. The minimum atomic E-state index is -3.92. The van der Waals surface area contributed by atoms with Crippen molar-refractivity contribution in [2.45, 2.75) is 31.6 Å². The molecule has 0 spiro atoms. The monoisotopic (exact) mass is 409 g/mol. The number of rotatable bonds is 4. The second-order valence-corrected chi connectivity index (χ2v) is 8.49. The predicted octanol–water partition coefficient (Wildman–Crippen LogP) is 2.62. The van der Waals surface area contributed by atoms with Crippen LogP contribution in [-0.2, 0) is 21.2 Å². The normalized spacial score (nSPS) is 14.0. The Bertz CT molecular complexity index is 1050. The van der Waals surface area contributed by atoms with Crippen LogP contribution in [0.1, 0.15) is 23.1 Å². The van der Waals surface area contributed by atoms with Gasteiger partial charge >= 0.3 is 0 Å². The molecule has 1 heterocycles. The van der Waals surface area contributed by atoms with E-state index in [4.69, 9.17) is 5.14 Å². The molecule has 1 aliphatic heterocycles. The molecule has 3 rings (SSSR count). The van der Waals surface area contributed by atoms with Crippen LogP contribution in [0.15, 0.2) is 29.2 Å². The van der Waals surface area contributed by atoms with E-state index in [-0.39, 0.29) is 17.1 Å². The number of aryl methyl sites for hydroxylation is 2. The smallest absolute Gasteiger partial charge is 0.243 e. The minimum Gasteiger partial charge on any atom is -0.360 e. The number of carbonyl (C=O) groups excluding carboxylic acids is 1. The SMILES string of the molecule is Cc1cc(S(N)(=O)=O)cc(NC(=O)CN2CCCc3cc(F)cc(F)c32)c1C. The number of nitrogens with one attached hydrogen (secondary N) is 1. The lowest BCUT2D eigenvalue weighted by atomic mass is 10.0. The molecule has 0 unspecified atom stereocenters. The molecule has 0 aromatic heterocycles. The minimum absolute atomic E-state index is 0.101. The topological polar surface area (TPSA) is 92.5 Å². The number of fused-ring (bicyclic) bond motifs is 1. The number of anilines is 2. The van der Waals surface area contributed by atoms with Crippen molar-refractivity contribution in [3.8, 4) is 0 Å². The second-order valence-electron chi connectivity index (χ2n) is 6.93. The first-order chi connectivity index (χ1) is 13.1. The van der Waals surface area contributed by atoms with E-state index in [0.717, 1.165) is 6.07 Å². The molecule has 0 radical (unpaired) electrons. The Morgan fingerprint density at radius 3 is 2.61 bits per heavy atom. The molecule has 0 aliphatic carbocycles. The van der Waals surface area contributed by atoms with Gasteiger partial charge in [-0.1, -0.05) is 0 Å². The van der Waals surface area contributed by atoms with Crippen LogP contribution in [0, 0.1) is 25.5 Å². The average Bonchev–Trinajstić information content (AvgIpc) is 2.57. The Morgan fingerprint density at radius 2 is 1.93 bits per heavy atom. The van der Waals surface area contributed by atoms with E-state index in [1.54, 1.807) is 18.7 Å². The predicted molar refractivity (Wildman–Crippen MR) is 103 cm³/mol. The summed E-state index contributed by atoms with van der Waals surface area (Å²) < 4.78 is 51.0. The number of nitrogens with two attached hydrogens (primary N) is 1. The fraction of sp³-hybridized carbons (Fsp3) is 0.316. The van der Waals surface area contributed by atoms with Crippen molar-refractivity contribution in [2.75, 3.05) is 23.3 Å². The van der Waals surface area contributed by atoms with Gasteiger partial charge in [0, 0.05) is 18.3 Å². The van der Waals surface area contributed by atoms with Crippen LogP contribution < -0.4 is 15.4 Å². The number of primary sulfonamides is 1. The third-order valence-electron chi connectivity index (χ3n) is 4.88. The van der Waals surface area contributed by atoms with E-state index in [9.17, 15) is 22.0 Å². The fourth-order valence-corrected chi connectivity index (χ4v) is 4.00. The summed E-state index contributed by atoms with van der Waals surface area (Å²) in [5.41, 5.74) is 2.44. The highest BCUT2D eigenvalue weighted by Crippen LogP contribution is 2.31. The molecule has 150 valence electrons. The summed E-state index contributed by atoms with van der Waals surface area (Å²) in [4.78, 5) is 14.0. The maximum absolute atomic E-state index is 14.3. The summed E-state index contributed by atoms with van der Waals surface area (Å²) in [6.07, 6.45) is 1.21. The highest BCUT2D eigenvalue weighted by Gasteiger charge is 2.24. The molecule has 1 amide bonds. The van der Waals surface area contributed by atoms with Crippen molar-refractivity contribution in [1.82, 2.24) is 0 Å². The molecule has 0 saturated heterocycles. The molecule has 28 heavy (non-hydrogen) atoms. The third kappa shape index (κ3) is 4.15. The Kier molecular flexibility index (Phi) is 5.40. The Labute approximate surface area is 162 Å². The van der Waals surface area contributed by atoms with E-state index in [1.807, 2.05) is 0 Å². The lowest BCUT2D eigenvalue weighted by Gasteiger charge is -2.31. The van der Waals surface area contributed by atoms with Crippen molar-refractivity contribution in [2.24, 2.45) is 5.14 Å². The summed E-state index contributed by atoms with van der Waals surface area (Å²) in [6, 6.07) is 4.82. The van der Waals surface area contributed by atoms with Crippen molar-refractivity contribution < 1.29 is 22.0 Å². The van der Waals surface area contributed by atoms with Crippen molar-refractivity contribution in [3.05, 3.63) is 52.6 Å². The maximum Gasteiger partial charge on any atom is 0.243 e. The van der Waals surface area contributed by atoms with Crippen LogP contribution in [0.2, 0.25) is 0 Å². The molecule has 0 fully saturated rings. The summed E-state index contributed by atoms with van der Waals surface area (Å²) in [5, 5.41) is 7.86. The first-order valence-corrected chi connectivity index (χ1v) is 10.3. The van der Waals surface area contributed by atoms with Crippen LogP contribution >= 0.6 is 0 Å². The van der Waals surface area contributed by atoms with Gasteiger partial charge in [0.15, 0.2) is 0 Å². The Morgan fingerprint density at radius 1 is 1.21 bits per heavy atom. The lowest BCUT2D eigenvalue weighted by molar-refractivity contribution is -0.115. The summed E-state index contributed by atoms with van der Waals surface area (Å²) in [6.45, 7) is 3.77. The quantitative estimate of drug-likeness (QED) is 0.812. The van der Waals surface area contributed by atoms with Gasteiger partial charge in [-0.3, -0.25) is 4.79 Å². The van der Waals surface area contributed by atoms with Crippen molar-refractivity contribution in [3.63, 3.8) is 0 Å². The molecule has 2 aromatic carbocycles. The zero-order chi connectivity index (χ0) is 20.6. The molecule has 0 bridgehead atoms. The van der Waals surface area contributed by atoms with E-state index >= 15 is 0 Å². The highest BCUT2D eigenvalue weighted by atomic mass is 32.2. The zero-order valence-electron chi connectivity index (χ0n) is 15.6. The standard InChI is InChI=1S/C19H21F2N3O3S/c1-11-6-15(28(22,26)27)9-17(12(11)2)23-18(25)10-24-5-3-4-13-7-14(20)8-16(21)19(13)24/h6-9H,3-5,10H2,1-2H3,(H,23,25)(H2,22,26,27). The Hall–Kier alpha value is -2.52. The van der Waals surface area contributed by atoms with Crippen LogP contribution in [0.5, 0.6) is 0 Å². The molecule has 3 N–H and O–H groups in total. The molecule has 2 aromatic rings. The Balaban J connectivity index is 1.84. The van der Waals surface area contributed by atoms with Crippen molar-refractivity contribution >= 4 is 27.3 Å². The van der Waals surface area contributed by atoms with E-state index in [0.29, 0.717) is 41.8 Å². The van der Waals surface area contributed by atoms with Gasteiger partial charge < -0.3 is 10.2 Å². The van der Waals surface area contributed by atoms with Crippen LogP contribution in [0.3, 0.4) is 0 Å². The van der Waals surface area contributed by atoms with Gasteiger partial charge in [0.1, 0.15) is 11.6 Å². The fourth-order valence-electron chi connectivity index (χ4n) is 3.38.